The van der Waals surface area contributed by atoms with Crippen LogP contribution < -0.4 is 86.1 Å². The van der Waals surface area contributed by atoms with E-state index in [4.69, 9.17) is 30.5 Å². The predicted octanol–water partition coefficient (Wildman–Crippen LogP) is 0.547. The van der Waals surface area contributed by atoms with E-state index in [1.54, 1.807) is 12.1 Å². The fourth-order valence-corrected chi connectivity index (χ4v) is 4.25. The molecule has 15 heteroatoms. The van der Waals surface area contributed by atoms with Crippen molar-refractivity contribution >= 4 is 35.4 Å². The van der Waals surface area contributed by atoms with Crippen LogP contribution in [0.25, 0.3) is 11.3 Å². The monoisotopic (exact) mass is 704 g/mol. The van der Waals surface area contributed by atoms with Gasteiger partial charge in [0, 0.05) is 23.3 Å². The minimum atomic E-state index is -1.42. The number of aliphatic carboxylic acids is 1. The largest absolute Gasteiger partial charge is 1.00 e. The summed E-state index contributed by atoms with van der Waals surface area (Å²) in [6.45, 7) is 1.03. The summed E-state index contributed by atoms with van der Waals surface area (Å²) in [6.07, 6.45) is 0.815. The minimum Gasteiger partial charge on any atom is -0.550 e. The summed E-state index contributed by atoms with van der Waals surface area (Å²) in [6, 6.07) is 20.3. The van der Waals surface area contributed by atoms with Crippen molar-refractivity contribution in [1.82, 2.24) is 15.3 Å². The molecular weight excluding hydrogens is 671 g/mol. The molecule has 0 fully saturated rings. The molecule has 13 nitrogen and oxygen atoms in total. The van der Waals surface area contributed by atoms with E-state index in [2.05, 4.69) is 25.3 Å². The number of nitrogens with zero attached hydrogens (tertiary/aromatic N) is 2. The van der Waals surface area contributed by atoms with E-state index in [0.29, 0.717) is 52.6 Å². The molecule has 4 rings (SSSR count). The number of ether oxygens (including phenoxy) is 5. The van der Waals surface area contributed by atoms with Crippen LogP contribution in [0, 0.1) is 0 Å². The number of para-hydroxylation sites is 1. The summed E-state index contributed by atoms with van der Waals surface area (Å²) in [5, 5.41) is 16.3. The van der Waals surface area contributed by atoms with Crippen molar-refractivity contribution in [3.63, 3.8) is 0 Å². The number of halogens is 1. The van der Waals surface area contributed by atoms with Crippen molar-refractivity contribution in [3.05, 3.63) is 89.1 Å². The van der Waals surface area contributed by atoms with Crippen LogP contribution in [0.5, 0.6) is 23.0 Å². The number of methoxy groups -OCH3 is 4. The number of aromatic nitrogens is 2. The molecular formula is C33H34ClKN4O9. The molecule has 1 heterocycles. The van der Waals surface area contributed by atoms with Gasteiger partial charge >= 0.3 is 57.4 Å². The first-order valence-electron chi connectivity index (χ1n) is 14.1. The first-order valence-corrected chi connectivity index (χ1v) is 14.4. The zero-order chi connectivity index (χ0) is 34.2. The van der Waals surface area contributed by atoms with Gasteiger partial charge in [0.25, 0.3) is 5.91 Å². The van der Waals surface area contributed by atoms with Crippen LogP contribution >= 0.6 is 11.6 Å². The third-order valence-electron chi connectivity index (χ3n) is 6.23. The van der Waals surface area contributed by atoms with Crippen molar-refractivity contribution in [3.8, 4) is 34.3 Å². The fourth-order valence-electron chi connectivity index (χ4n) is 4.03. The molecule has 0 aliphatic carbocycles. The van der Waals surface area contributed by atoms with Crippen molar-refractivity contribution < 1.29 is 94.6 Å². The number of hydrogen-bond acceptors (Lipinski definition) is 12. The summed E-state index contributed by atoms with van der Waals surface area (Å²) in [5.41, 5.74) is 2.21. The van der Waals surface area contributed by atoms with Crippen LogP contribution in [0.2, 0.25) is 5.02 Å². The molecule has 2 N–H and O–H groups in total. The van der Waals surface area contributed by atoms with Crippen LogP contribution in [0.15, 0.2) is 72.9 Å². The minimum absolute atomic E-state index is 0. The molecule has 3 aromatic carbocycles. The summed E-state index contributed by atoms with van der Waals surface area (Å²) in [7, 11) is 5.70. The first kappa shape index (κ1) is 40.3. The summed E-state index contributed by atoms with van der Waals surface area (Å²) in [5.74, 6) is -0.200. The van der Waals surface area contributed by atoms with Gasteiger partial charge in [-0.1, -0.05) is 41.9 Å². The molecule has 0 saturated carbocycles. The van der Waals surface area contributed by atoms with Gasteiger partial charge in [-0.2, -0.15) is 0 Å². The number of carboxylic acid groups (broad SMARTS) is 1. The molecule has 0 atom stereocenters. The van der Waals surface area contributed by atoms with Crippen LogP contribution in [0.1, 0.15) is 22.3 Å². The Morgan fingerprint density at radius 3 is 2.15 bits per heavy atom. The molecule has 0 spiro atoms. The molecule has 48 heavy (non-hydrogen) atoms. The summed E-state index contributed by atoms with van der Waals surface area (Å²) in [4.78, 5) is 41.8. The van der Waals surface area contributed by atoms with Crippen LogP contribution in [-0.4, -0.2) is 69.4 Å². The molecule has 0 aliphatic heterocycles. The SMILES string of the molecule is COC(=O)CC(=O)[O-].COc1cc(-c2nc(NCc3cccc(Cl)c3)ncc2C(=O)NCCOc2ccccc2)cc(OC)c1OC.[K+]. The maximum Gasteiger partial charge on any atom is 1.00 e. The Balaban J connectivity index is 0.000000791. The molecule has 4 aromatic rings. The van der Waals surface area contributed by atoms with Gasteiger partial charge in [0.15, 0.2) is 11.5 Å². The van der Waals surface area contributed by atoms with Gasteiger partial charge in [-0.05, 0) is 42.0 Å². The van der Waals surface area contributed by atoms with Gasteiger partial charge < -0.3 is 44.2 Å². The molecule has 0 aliphatic rings. The van der Waals surface area contributed by atoms with Crippen LogP contribution in [0.3, 0.4) is 0 Å². The Labute approximate surface area is 325 Å². The summed E-state index contributed by atoms with van der Waals surface area (Å²) >= 11 is 6.11. The number of amides is 1. The number of anilines is 1. The summed E-state index contributed by atoms with van der Waals surface area (Å²) < 4.78 is 26.2. The van der Waals surface area contributed by atoms with E-state index in [1.165, 1.54) is 27.5 Å². The second kappa shape index (κ2) is 21.1. The van der Waals surface area contributed by atoms with E-state index in [-0.39, 0.29) is 69.4 Å². The molecule has 248 valence electrons. The number of benzene rings is 3. The standard InChI is InChI=1S/C29H29ClN4O5.C4H6O4.K/c1-36-24-15-20(16-25(37-2)27(24)38-3)26-23(28(35)31-12-13-39-22-10-5-4-6-11-22)18-33-29(34-26)32-17-19-8-7-9-21(30)14-19;1-8-4(7)2-3(5)6;/h4-11,14-16,18H,12-13,17H2,1-3H3,(H,31,35)(H,32,33,34);2H2,1H3,(H,5,6);/q;;+1/p-1. The Morgan fingerprint density at radius 1 is 0.896 bits per heavy atom. The van der Waals surface area contributed by atoms with Gasteiger partial charge in [0.05, 0.1) is 58.6 Å². The molecule has 1 aromatic heterocycles. The van der Waals surface area contributed by atoms with Gasteiger partial charge in [-0.15, -0.1) is 0 Å². The van der Waals surface area contributed by atoms with E-state index in [1.807, 2.05) is 54.6 Å². The van der Waals surface area contributed by atoms with Crippen molar-refractivity contribution in [2.24, 2.45) is 0 Å². The number of rotatable bonds is 14. The maximum atomic E-state index is 13.2. The van der Waals surface area contributed by atoms with Gasteiger partial charge in [-0.3, -0.25) is 9.59 Å². The zero-order valence-electron chi connectivity index (χ0n) is 27.2. The zero-order valence-corrected chi connectivity index (χ0v) is 31.1. The Bertz CT molecular complexity index is 1640. The number of carbonyl (C=O) groups is 3. The van der Waals surface area contributed by atoms with Gasteiger partial charge in [-0.25, -0.2) is 9.97 Å². The number of carboxylic acids is 1. The first-order chi connectivity index (χ1) is 22.7. The van der Waals surface area contributed by atoms with Crippen LogP contribution in [-0.2, 0) is 20.9 Å². The van der Waals surface area contributed by atoms with E-state index >= 15 is 0 Å². The second-order valence-corrected chi connectivity index (χ2v) is 9.83. The molecule has 0 unspecified atom stereocenters. The molecule has 0 bridgehead atoms. The van der Waals surface area contributed by atoms with Crippen molar-refractivity contribution in [2.45, 2.75) is 13.0 Å². The molecule has 1 amide bonds. The number of esters is 1. The van der Waals surface area contributed by atoms with Crippen LogP contribution in [0.4, 0.5) is 5.95 Å². The predicted molar refractivity (Wildman–Crippen MR) is 172 cm³/mol. The quantitative estimate of drug-likeness (QED) is 0.0810. The Kier molecular flexibility index (Phi) is 17.7. The number of hydrogen-bond donors (Lipinski definition) is 2. The Morgan fingerprint density at radius 2 is 1.58 bits per heavy atom. The third kappa shape index (κ3) is 12.6. The van der Waals surface area contributed by atoms with E-state index < -0.39 is 18.4 Å². The van der Waals surface area contributed by atoms with Gasteiger partial charge in [0.1, 0.15) is 12.4 Å². The fraction of sp³-hybridized carbons (Fsp3) is 0.242. The topological polar surface area (TPSA) is 170 Å². The van der Waals surface area contributed by atoms with E-state index in [9.17, 15) is 19.5 Å². The maximum absolute atomic E-state index is 13.2. The average Bonchev–Trinajstić information content (AvgIpc) is 3.08. The third-order valence-corrected chi connectivity index (χ3v) is 6.46. The van der Waals surface area contributed by atoms with Gasteiger partial charge in [0.2, 0.25) is 11.7 Å². The van der Waals surface area contributed by atoms with Crippen molar-refractivity contribution in [2.75, 3.05) is 46.9 Å². The second-order valence-electron chi connectivity index (χ2n) is 9.40. The molecule has 0 saturated heterocycles. The van der Waals surface area contributed by atoms with Crippen molar-refractivity contribution in [1.29, 1.82) is 0 Å². The normalized spacial score (nSPS) is 9.85. The smallest absolute Gasteiger partial charge is 0.550 e. The average molecular weight is 705 g/mol. The van der Waals surface area contributed by atoms with E-state index in [0.717, 1.165) is 18.4 Å². The number of nitrogens with one attached hydrogen (secondary N) is 2. The Hall–Kier alpha value is -3.92. The number of carbonyl (C=O) groups excluding carboxylic acids is 3. The molecule has 0 radical (unpaired) electrons.